The third kappa shape index (κ3) is 7.89. The van der Waals surface area contributed by atoms with Gasteiger partial charge < -0.3 is 21.1 Å². The summed E-state index contributed by atoms with van der Waals surface area (Å²) in [6, 6.07) is 5.17. The summed E-state index contributed by atoms with van der Waals surface area (Å²) in [5.74, 6) is -1.03. The van der Waals surface area contributed by atoms with E-state index in [2.05, 4.69) is 10.6 Å². The molecule has 25 heavy (non-hydrogen) atoms. The Bertz CT molecular complexity index is 626. The molecule has 0 saturated heterocycles. The normalized spacial score (nSPS) is 13.5. The minimum Gasteiger partial charge on any atom is -0.452 e. The molecular weight excluding hydrogens is 346 g/mol. The number of primary amides is 1. The number of carbonyl (C=O) groups excluding carboxylic acids is 3. The van der Waals surface area contributed by atoms with Crippen molar-refractivity contribution < 1.29 is 19.1 Å². The van der Waals surface area contributed by atoms with Crippen LogP contribution in [0.4, 0.5) is 4.79 Å². The first kappa shape index (κ1) is 20.8. The van der Waals surface area contributed by atoms with Crippen LogP contribution in [0, 0.1) is 0 Å². The minimum absolute atomic E-state index is 0.169. The van der Waals surface area contributed by atoms with Crippen molar-refractivity contribution >= 4 is 29.5 Å². The Hall–Kier alpha value is -2.28. The molecule has 8 heteroatoms. The zero-order chi connectivity index (χ0) is 19.2. The Kier molecular flexibility index (Phi) is 7.23. The van der Waals surface area contributed by atoms with Crippen LogP contribution in [-0.4, -0.2) is 29.6 Å². The number of urea groups is 1. The van der Waals surface area contributed by atoms with Crippen molar-refractivity contribution in [2.24, 2.45) is 5.73 Å². The Morgan fingerprint density at radius 3 is 2.24 bits per heavy atom. The van der Waals surface area contributed by atoms with E-state index in [0.717, 1.165) is 0 Å². The quantitative estimate of drug-likeness (QED) is 0.668. The number of nitrogens with one attached hydrogen (secondary N) is 2. The van der Waals surface area contributed by atoms with Crippen molar-refractivity contribution in [1.82, 2.24) is 10.6 Å². The molecule has 7 nitrogen and oxygen atoms in total. The van der Waals surface area contributed by atoms with Crippen molar-refractivity contribution in [2.45, 2.75) is 51.8 Å². The standard InChI is InChI=1S/C17H24ClN3O4/c1-10(15(23)21-17(2,3)4)25-14(22)9-13(20-16(19)24)11-5-7-12(18)8-6-11/h5-8,10,13H,9H2,1-4H3,(H,21,23)(H3,19,20,24)/t10-,13+/m1/s1. The molecule has 0 bridgehead atoms. The molecule has 0 aromatic heterocycles. The Balaban J connectivity index is 2.73. The molecule has 3 amide bonds. The fourth-order valence-corrected chi connectivity index (χ4v) is 2.18. The number of esters is 1. The zero-order valence-corrected chi connectivity index (χ0v) is 15.5. The summed E-state index contributed by atoms with van der Waals surface area (Å²) in [5.41, 5.74) is 5.37. The first-order valence-corrected chi connectivity index (χ1v) is 8.18. The van der Waals surface area contributed by atoms with E-state index in [-0.39, 0.29) is 6.42 Å². The van der Waals surface area contributed by atoms with Gasteiger partial charge in [-0.2, -0.15) is 0 Å². The monoisotopic (exact) mass is 369 g/mol. The molecule has 0 aliphatic heterocycles. The molecule has 0 spiro atoms. The number of ether oxygens (including phenoxy) is 1. The van der Waals surface area contributed by atoms with Gasteiger partial charge in [0.25, 0.3) is 5.91 Å². The van der Waals surface area contributed by atoms with E-state index in [1.165, 1.54) is 6.92 Å². The maximum atomic E-state index is 12.1. The summed E-state index contributed by atoms with van der Waals surface area (Å²) in [7, 11) is 0. The summed E-state index contributed by atoms with van der Waals surface area (Å²) < 4.78 is 5.15. The van der Waals surface area contributed by atoms with E-state index in [1.54, 1.807) is 24.3 Å². The summed E-state index contributed by atoms with van der Waals surface area (Å²) in [5, 5.41) is 5.73. The highest BCUT2D eigenvalue weighted by Gasteiger charge is 2.24. The van der Waals surface area contributed by atoms with Gasteiger partial charge in [0.1, 0.15) is 0 Å². The van der Waals surface area contributed by atoms with Crippen LogP contribution in [0.2, 0.25) is 5.02 Å². The molecule has 0 fully saturated rings. The fraction of sp³-hybridized carbons (Fsp3) is 0.471. The largest absolute Gasteiger partial charge is 0.452 e. The molecule has 0 aliphatic rings. The number of halogens is 1. The molecule has 1 aromatic rings. The van der Waals surface area contributed by atoms with Crippen molar-refractivity contribution in [3.05, 3.63) is 34.9 Å². The molecular formula is C17H24ClN3O4. The van der Waals surface area contributed by atoms with Gasteiger partial charge in [0.05, 0.1) is 12.5 Å². The van der Waals surface area contributed by atoms with Crippen molar-refractivity contribution in [1.29, 1.82) is 0 Å². The average molecular weight is 370 g/mol. The minimum atomic E-state index is -0.953. The molecule has 0 unspecified atom stereocenters. The first-order chi connectivity index (χ1) is 11.5. The van der Waals surface area contributed by atoms with Gasteiger partial charge in [-0.25, -0.2) is 4.79 Å². The molecule has 0 saturated carbocycles. The third-order valence-corrected chi connectivity index (χ3v) is 3.39. The molecule has 138 valence electrons. The number of hydrogen-bond donors (Lipinski definition) is 3. The maximum Gasteiger partial charge on any atom is 0.312 e. The molecule has 4 N–H and O–H groups in total. The van der Waals surface area contributed by atoms with E-state index in [9.17, 15) is 14.4 Å². The van der Waals surface area contributed by atoms with Crippen molar-refractivity contribution in [2.75, 3.05) is 0 Å². The van der Waals surface area contributed by atoms with Crippen LogP contribution in [0.5, 0.6) is 0 Å². The van der Waals surface area contributed by atoms with Crippen LogP contribution >= 0.6 is 11.6 Å². The predicted molar refractivity (Wildman–Crippen MR) is 95.0 cm³/mol. The summed E-state index contributed by atoms with van der Waals surface area (Å²) >= 11 is 5.84. The summed E-state index contributed by atoms with van der Waals surface area (Å²) in [6.07, 6.45) is -1.12. The van der Waals surface area contributed by atoms with Crippen LogP contribution in [0.25, 0.3) is 0 Å². The van der Waals surface area contributed by atoms with Crippen LogP contribution in [0.15, 0.2) is 24.3 Å². The highest BCUT2D eigenvalue weighted by Crippen LogP contribution is 2.20. The van der Waals surface area contributed by atoms with Crippen LogP contribution in [-0.2, 0) is 14.3 Å². The van der Waals surface area contributed by atoms with Gasteiger partial charge in [-0.3, -0.25) is 9.59 Å². The van der Waals surface area contributed by atoms with Crippen molar-refractivity contribution in [3.8, 4) is 0 Å². The Morgan fingerprint density at radius 1 is 1.20 bits per heavy atom. The average Bonchev–Trinajstić information content (AvgIpc) is 2.44. The van der Waals surface area contributed by atoms with Gasteiger partial charge in [0.2, 0.25) is 0 Å². The summed E-state index contributed by atoms with van der Waals surface area (Å²) in [6.45, 7) is 6.96. The molecule has 1 rings (SSSR count). The molecule has 1 aromatic carbocycles. The lowest BCUT2D eigenvalue weighted by molar-refractivity contribution is -0.155. The second-order valence-corrected chi connectivity index (χ2v) is 7.12. The predicted octanol–water partition coefficient (Wildman–Crippen LogP) is 2.29. The Morgan fingerprint density at radius 2 is 1.76 bits per heavy atom. The van der Waals surface area contributed by atoms with E-state index >= 15 is 0 Å². The van der Waals surface area contributed by atoms with Gasteiger partial charge >= 0.3 is 12.0 Å². The number of carbonyl (C=O) groups is 3. The van der Waals surface area contributed by atoms with Gasteiger partial charge in [-0.15, -0.1) is 0 Å². The number of benzene rings is 1. The van der Waals surface area contributed by atoms with Crippen LogP contribution < -0.4 is 16.4 Å². The van der Waals surface area contributed by atoms with Gasteiger partial charge in [-0.05, 0) is 45.4 Å². The maximum absolute atomic E-state index is 12.1. The first-order valence-electron chi connectivity index (χ1n) is 7.81. The van der Waals surface area contributed by atoms with Crippen molar-refractivity contribution in [3.63, 3.8) is 0 Å². The molecule has 0 radical (unpaired) electrons. The van der Waals surface area contributed by atoms with Crippen LogP contribution in [0.1, 0.15) is 45.7 Å². The number of rotatable bonds is 6. The van der Waals surface area contributed by atoms with Crippen LogP contribution in [0.3, 0.4) is 0 Å². The molecule has 0 heterocycles. The second kappa shape index (κ2) is 8.71. The fourth-order valence-electron chi connectivity index (χ4n) is 2.06. The zero-order valence-electron chi connectivity index (χ0n) is 14.8. The Labute approximate surface area is 152 Å². The second-order valence-electron chi connectivity index (χ2n) is 6.69. The lowest BCUT2D eigenvalue weighted by Crippen LogP contribution is -2.46. The highest BCUT2D eigenvalue weighted by atomic mass is 35.5. The van der Waals surface area contributed by atoms with E-state index < -0.39 is 35.6 Å². The smallest absolute Gasteiger partial charge is 0.312 e. The van der Waals surface area contributed by atoms with Gasteiger partial charge in [0.15, 0.2) is 6.10 Å². The SMILES string of the molecule is C[C@@H](OC(=O)C[C@H](NC(N)=O)c1ccc(Cl)cc1)C(=O)NC(C)(C)C. The topological polar surface area (TPSA) is 111 Å². The van der Waals surface area contributed by atoms with Gasteiger partial charge in [0, 0.05) is 10.6 Å². The number of hydrogen-bond acceptors (Lipinski definition) is 4. The lowest BCUT2D eigenvalue weighted by atomic mass is 10.0. The lowest BCUT2D eigenvalue weighted by Gasteiger charge is -2.24. The summed E-state index contributed by atoms with van der Waals surface area (Å²) in [4.78, 5) is 35.3. The number of amides is 3. The number of nitrogens with two attached hydrogens (primary N) is 1. The third-order valence-electron chi connectivity index (χ3n) is 3.14. The molecule has 2 atom stereocenters. The van der Waals surface area contributed by atoms with E-state index in [0.29, 0.717) is 10.6 Å². The van der Waals surface area contributed by atoms with E-state index in [1.807, 2.05) is 20.8 Å². The van der Waals surface area contributed by atoms with Gasteiger partial charge in [-0.1, -0.05) is 23.7 Å². The highest BCUT2D eigenvalue weighted by molar-refractivity contribution is 6.30. The van der Waals surface area contributed by atoms with E-state index in [4.69, 9.17) is 22.1 Å². The molecule has 0 aliphatic carbocycles.